The molecule has 0 fully saturated rings. The van der Waals surface area contributed by atoms with Crippen molar-refractivity contribution in [3.05, 3.63) is 97.2 Å². The molecule has 0 amide bonds. The Balaban J connectivity index is -0.000000183. The zero-order valence-electron chi connectivity index (χ0n) is 18.0. The van der Waals surface area contributed by atoms with E-state index >= 15 is 0 Å². The normalized spacial score (nSPS) is 15.6. The largest absolute Gasteiger partial charge is 1.00 e. The number of allylic oxidation sites excluding steroid dienone is 16. The van der Waals surface area contributed by atoms with Crippen LogP contribution in [0.5, 0.6) is 0 Å². The molecule has 0 bridgehead atoms. The molecular formula is C24H16Cl4O8-4. The van der Waals surface area contributed by atoms with Crippen LogP contribution in [-0.2, 0) is 38.4 Å². The van der Waals surface area contributed by atoms with Gasteiger partial charge in [0.05, 0.1) is 0 Å². The number of hydrogen-bond acceptors (Lipinski definition) is 8. The van der Waals surface area contributed by atoms with Crippen LogP contribution >= 0.6 is 0 Å². The minimum Gasteiger partial charge on any atom is -1.00 e. The Morgan fingerprint density at radius 2 is 0.250 bits per heavy atom. The lowest BCUT2D eigenvalue weighted by Crippen LogP contribution is -3.00. The summed E-state index contributed by atoms with van der Waals surface area (Å²) in [5.74, 6) is -0.966. The van der Waals surface area contributed by atoms with Crippen LogP contribution in [0, 0.1) is 0 Å². The van der Waals surface area contributed by atoms with E-state index in [9.17, 15) is 38.4 Å². The van der Waals surface area contributed by atoms with E-state index in [-0.39, 0.29) is 95.9 Å². The Morgan fingerprint density at radius 3 is 0.306 bits per heavy atom. The van der Waals surface area contributed by atoms with Gasteiger partial charge in [0.1, 0.15) is 0 Å². The smallest absolute Gasteiger partial charge is 0.178 e. The lowest BCUT2D eigenvalue weighted by Gasteiger charge is -1.87. The van der Waals surface area contributed by atoms with Crippen molar-refractivity contribution in [2.24, 2.45) is 0 Å². The molecule has 0 heterocycles. The number of carbonyl (C=O) groups excluding carboxylic acids is 8. The van der Waals surface area contributed by atoms with E-state index in [1.165, 1.54) is 97.2 Å². The van der Waals surface area contributed by atoms with Crippen LogP contribution in [0.3, 0.4) is 0 Å². The minimum atomic E-state index is -0.121. The van der Waals surface area contributed by atoms with Gasteiger partial charge in [-0.05, 0) is 97.2 Å². The fourth-order valence-electron chi connectivity index (χ4n) is 1.76. The molecule has 0 unspecified atom stereocenters. The fourth-order valence-corrected chi connectivity index (χ4v) is 1.76. The van der Waals surface area contributed by atoms with Crippen molar-refractivity contribution in [3.8, 4) is 0 Å². The molecule has 8 nitrogen and oxygen atoms in total. The maximum absolute atomic E-state index is 10.3. The summed E-state index contributed by atoms with van der Waals surface area (Å²) in [6, 6.07) is 0. The highest BCUT2D eigenvalue weighted by Gasteiger charge is 2.00. The van der Waals surface area contributed by atoms with E-state index in [2.05, 4.69) is 0 Å². The molecule has 4 rings (SSSR count). The van der Waals surface area contributed by atoms with Gasteiger partial charge in [0.15, 0.2) is 46.3 Å². The quantitative estimate of drug-likeness (QED) is 0.261. The third-order valence-electron chi connectivity index (χ3n) is 3.29. The summed E-state index contributed by atoms with van der Waals surface area (Å²) >= 11 is 0. The Bertz CT molecular complexity index is 789. The van der Waals surface area contributed by atoms with E-state index in [0.29, 0.717) is 0 Å². The van der Waals surface area contributed by atoms with Crippen molar-refractivity contribution in [2.45, 2.75) is 0 Å². The van der Waals surface area contributed by atoms with Crippen LogP contribution in [-0.4, -0.2) is 46.3 Å². The van der Waals surface area contributed by atoms with E-state index in [1.54, 1.807) is 0 Å². The Morgan fingerprint density at radius 1 is 0.194 bits per heavy atom. The number of carbonyl (C=O) groups is 8. The molecule has 12 heteroatoms. The number of hydrogen-bond donors (Lipinski definition) is 0. The van der Waals surface area contributed by atoms with Gasteiger partial charge in [-0.2, -0.15) is 0 Å². The Kier molecular flexibility index (Phi) is 24.2. The van der Waals surface area contributed by atoms with Gasteiger partial charge >= 0.3 is 0 Å². The first kappa shape index (κ1) is 39.6. The van der Waals surface area contributed by atoms with Crippen LogP contribution in [0.4, 0.5) is 0 Å². The lowest BCUT2D eigenvalue weighted by molar-refractivity contribution is -0.113. The van der Waals surface area contributed by atoms with Crippen molar-refractivity contribution in [2.75, 3.05) is 0 Å². The third kappa shape index (κ3) is 19.9. The van der Waals surface area contributed by atoms with Gasteiger partial charge in [-0.15, -0.1) is 0 Å². The molecule has 0 radical (unpaired) electrons. The average Bonchev–Trinajstić information content (AvgIpc) is 2.78. The maximum atomic E-state index is 10.3. The molecule has 4 aliphatic carbocycles. The third-order valence-corrected chi connectivity index (χ3v) is 3.29. The standard InChI is InChI=1S/4C6H4O2.4ClH/c4*7-5-1-2-6(8)4-3-5;;;;/h4*1-4H;4*1H/p-4. The van der Waals surface area contributed by atoms with Crippen molar-refractivity contribution >= 4 is 46.3 Å². The minimum absolute atomic E-state index is 0. The van der Waals surface area contributed by atoms with Crippen LogP contribution in [0.15, 0.2) is 97.2 Å². The lowest BCUT2D eigenvalue weighted by atomic mass is 10.2. The number of halogens is 4. The van der Waals surface area contributed by atoms with Crippen molar-refractivity contribution in [3.63, 3.8) is 0 Å². The first-order valence-electron chi connectivity index (χ1n) is 8.92. The van der Waals surface area contributed by atoms with Crippen molar-refractivity contribution in [1.29, 1.82) is 0 Å². The highest BCUT2D eigenvalue weighted by Crippen LogP contribution is 1.92. The number of rotatable bonds is 0. The Labute approximate surface area is 231 Å². The highest BCUT2D eigenvalue weighted by molar-refractivity contribution is 6.15. The molecule has 0 aromatic carbocycles. The summed E-state index contributed by atoms with van der Waals surface area (Å²) in [6.45, 7) is 0. The predicted molar refractivity (Wildman–Crippen MR) is 113 cm³/mol. The van der Waals surface area contributed by atoms with Crippen molar-refractivity contribution < 1.29 is 88.0 Å². The molecule has 0 atom stereocenters. The van der Waals surface area contributed by atoms with Crippen LogP contribution in [0.1, 0.15) is 0 Å². The van der Waals surface area contributed by atoms with Gasteiger partial charge < -0.3 is 49.6 Å². The summed E-state index contributed by atoms with van der Waals surface area (Å²) < 4.78 is 0. The van der Waals surface area contributed by atoms with Gasteiger partial charge in [0.25, 0.3) is 0 Å². The highest BCUT2D eigenvalue weighted by atomic mass is 35.5. The molecule has 0 aromatic rings. The summed E-state index contributed by atoms with van der Waals surface area (Å²) in [4.78, 5) is 82.3. The molecule has 0 aromatic heterocycles. The fraction of sp³-hybridized carbons (Fsp3) is 0. The topological polar surface area (TPSA) is 137 Å². The van der Waals surface area contributed by atoms with Gasteiger partial charge in [-0.1, -0.05) is 0 Å². The van der Waals surface area contributed by atoms with E-state index in [4.69, 9.17) is 0 Å². The maximum Gasteiger partial charge on any atom is 0.178 e. The molecule has 0 saturated carbocycles. The first-order valence-corrected chi connectivity index (χ1v) is 8.92. The average molecular weight is 574 g/mol. The molecule has 36 heavy (non-hydrogen) atoms. The predicted octanol–water partition coefficient (Wildman–Crippen LogP) is -11.0. The molecule has 0 N–H and O–H groups in total. The molecule has 0 saturated heterocycles. The van der Waals surface area contributed by atoms with Crippen LogP contribution < -0.4 is 49.6 Å². The summed E-state index contributed by atoms with van der Waals surface area (Å²) in [5.41, 5.74) is 0. The Hall–Kier alpha value is -3.56. The molecule has 4 aliphatic rings. The van der Waals surface area contributed by atoms with Crippen LogP contribution in [0.2, 0.25) is 0 Å². The van der Waals surface area contributed by atoms with Gasteiger partial charge in [0, 0.05) is 0 Å². The summed E-state index contributed by atoms with van der Waals surface area (Å²) in [5, 5.41) is 0. The van der Waals surface area contributed by atoms with E-state index in [1.807, 2.05) is 0 Å². The molecular weight excluding hydrogens is 558 g/mol. The SMILES string of the molecule is O=C1C=CC(=O)C=C1.O=C1C=CC(=O)C=C1.O=C1C=CC(=O)C=C1.O=C1C=CC(=O)C=C1.[Cl-].[Cl-].[Cl-].[Cl-]. The van der Waals surface area contributed by atoms with E-state index < -0.39 is 0 Å². The molecule has 0 aliphatic heterocycles. The first-order chi connectivity index (χ1) is 15.2. The molecule has 192 valence electrons. The second-order valence-corrected chi connectivity index (χ2v) is 5.89. The summed E-state index contributed by atoms with van der Waals surface area (Å²) in [6.07, 6.45) is 20.0. The van der Waals surface area contributed by atoms with Gasteiger partial charge in [-0.3, -0.25) is 38.4 Å². The number of ketones is 8. The zero-order valence-corrected chi connectivity index (χ0v) is 21.0. The summed E-state index contributed by atoms with van der Waals surface area (Å²) in [7, 11) is 0. The molecule has 0 spiro atoms. The second-order valence-electron chi connectivity index (χ2n) is 5.89. The van der Waals surface area contributed by atoms with Crippen molar-refractivity contribution in [1.82, 2.24) is 0 Å². The van der Waals surface area contributed by atoms with Crippen LogP contribution in [0.25, 0.3) is 0 Å². The second kappa shape index (κ2) is 21.9. The monoisotopic (exact) mass is 572 g/mol. The van der Waals surface area contributed by atoms with Gasteiger partial charge in [-0.25, -0.2) is 0 Å². The van der Waals surface area contributed by atoms with Gasteiger partial charge in [0.2, 0.25) is 0 Å². The zero-order chi connectivity index (χ0) is 23.9. The van der Waals surface area contributed by atoms with E-state index in [0.717, 1.165) is 0 Å².